The minimum absolute atomic E-state index is 0.0277. The molecule has 4 aliphatic rings. The summed E-state index contributed by atoms with van der Waals surface area (Å²) in [6.07, 6.45) is 1.78. The number of allylic oxidation sites excluding steroid dienone is 2. The normalized spacial score (nSPS) is 28.5. The summed E-state index contributed by atoms with van der Waals surface area (Å²) in [4.78, 5) is 62.5. The van der Waals surface area contributed by atoms with Gasteiger partial charge in [0.1, 0.15) is 5.69 Å². The van der Waals surface area contributed by atoms with E-state index in [0.29, 0.717) is 19.3 Å². The zero-order valence-corrected chi connectivity index (χ0v) is 29.9. The number of carbonyl (C=O) groups is 5. The molecule has 10 nitrogen and oxygen atoms in total. The van der Waals surface area contributed by atoms with Crippen LogP contribution in [-0.2, 0) is 24.0 Å². The van der Waals surface area contributed by atoms with Crippen molar-refractivity contribution in [1.82, 2.24) is 4.90 Å². The second-order valence-corrected chi connectivity index (χ2v) is 15.2. The molecule has 2 aromatic carbocycles. The zero-order chi connectivity index (χ0) is 37.5. The van der Waals surface area contributed by atoms with Crippen LogP contribution in [0.15, 0.2) is 23.8 Å². The van der Waals surface area contributed by atoms with E-state index in [1.165, 1.54) is 19.2 Å². The van der Waals surface area contributed by atoms with Crippen molar-refractivity contribution >= 4 is 81.1 Å². The van der Waals surface area contributed by atoms with Gasteiger partial charge in [-0.05, 0) is 71.9 Å². The van der Waals surface area contributed by atoms with Crippen molar-refractivity contribution in [1.29, 1.82) is 0 Å². The molecule has 2 N–H and O–H groups in total. The minimum atomic E-state index is -2.72. The number of nitrogens with zero attached hydrogens (tertiary/aromatic N) is 2. The van der Waals surface area contributed by atoms with Gasteiger partial charge in [0.25, 0.3) is 11.8 Å². The van der Waals surface area contributed by atoms with Crippen LogP contribution in [-0.4, -0.2) is 68.1 Å². The SMILES string of the molecule is COc1cc([C@H]2C3=CC[C@@H]4C(=O)N(CCCCCC(=O)O)C(=O)[C@@H]4[C@@H]3C[C@@]3(Cl)C(=O)N(c4c(F)c(F)c(F)c(F)c4F)C(=O)[C@@]23Cl)cc(I)c1O. The summed E-state index contributed by atoms with van der Waals surface area (Å²) in [6.45, 7) is -0.0277. The number of imide groups is 2. The van der Waals surface area contributed by atoms with Crippen molar-refractivity contribution in [2.24, 2.45) is 17.8 Å². The summed E-state index contributed by atoms with van der Waals surface area (Å²) in [5, 5.41) is 19.5. The Bertz CT molecular complexity index is 1940. The number of benzene rings is 2. The van der Waals surface area contributed by atoms with Gasteiger partial charge in [0.15, 0.2) is 44.5 Å². The number of alkyl halides is 2. The fraction of sp³-hybridized carbons (Fsp3) is 0.424. The molecule has 3 fully saturated rings. The first-order valence-corrected chi connectivity index (χ1v) is 17.4. The number of fused-ring (bicyclic) bond motifs is 4. The molecule has 51 heavy (non-hydrogen) atoms. The highest BCUT2D eigenvalue weighted by atomic mass is 127. The first-order valence-electron chi connectivity index (χ1n) is 15.6. The summed E-state index contributed by atoms with van der Waals surface area (Å²) < 4.78 is 78.8. The molecule has 6 atom stereocenters. The number of hydrogen-bond acceptors (Lipinski definition) is 7. The lowest BCUT2D eigenvalue weighted by Gasteiger charge is -2.50. The number of hydrogen-bond donors (Lipinski definition) is 2. The number of aliphatic carboxylic acids is 1. The monoisotopic (exact) mass is 870 g/mol. The van der Waals surface area contributed by atoms with Gasteiger partial charge >= 0.3 is 5.97 Å². The predicted molar refractivity (Wildman–Crippen MR) is 177 cm³/mol. The number of anilines is 1. The third kappa shape index (κ3) is 5.32. The molecule has 2 aromatic rings. The molecule has 2 aliphatic carbocycles. The molecular formula is C33H26Cl2F5IN2O8. The van der Waals surface area contributed by atoms with Crippen LogP contribution < -0.4 is 9.64 Å². The third-order valence-electron chi connectivity index (χ3n) is 10.2. The van der Waals surface area contributed by atoms with E-state index in [0.717, 1.165) is 4.90 Å². The number of carboxylic acid groups (broad SMARTS) is 1. The van der Waals surface area contributed by atoms with E-state index in [1.54, 1.807) is 28.7 Å². The van der Waals surface area contributed by atoms with E-state index in [9.17, 15) is 42.3 Å². The number of carbonyl (C=O) groups excluding carboxylic acids is 4. The topological polar surface area (TPSA) is 142 Å². The van der Waals surface area contributed by atoms with Gasteiger partial charge in [-0.15, -0.1) is 23.2 Å². The van der Waals surface area contributed by atoms with Crippen molar-refractivity contribution < 1.29 is 60.9 Å². The molecule has 1 saturated carbocycles. The summed E-state index contributed by atoms with van der Waals surface area (Å²) in [5.41, 5.74) is -1.56. The molecule has 0 unspecified atom stereocenters. The summed E-state index contributed by atoms with van der Waals surface area (Å²) in [7, 11) is 1.22. The number of carboxylic acids is 1. The van der Waals surface area contributed by atoms with Gasteiger partial charge in [0.05, 0.1) is 22.5 Å². The maximum absolute atomic E-state index is 15.2. The largest absolute Gasteiger partial charge is 0.504 e. The smallest absolute Gasteiger partial charge is 0.303 e. The van der Waals surface area contributed by atoms with Crippen molar-refractivity contribution in [3.8, 4) is 11.5 Å². The fourth-order valence-electron chi connectivity index (χ4n) is 7.87. The zero-order valence-electron chi connectivity index (χ0n) is 26.3. The number of unbranched alkanes of at least 4 members (excludes halogenated alkanes) is 2. The lowest BCUT2D eigenvalue weighted by molar-refractivity contribution is -0.141. The lowest BCUT2D eigenvalue weighted by Crippen LogP contribution is -2.60. The first kappa shape index (κ1) is 37.3. The highest BCUT2D eigenvalue weighted by Gasteiger charge is 2.77. The third-order valence-corrected chi connectivity index (χ3v) is 12.4. The average molecular weight is 871 g/mol. The van der Waals surface area contributed by atoms with Gasteiger partial charge in [-0.1, -0.05) is 18.1 Å². The Kier molecular flexibility index (Phi) is 9.62. The van der Waals surface area contributed by atoms with Crippen LogP contribution in [0, 0.1) is 50.4 Å². The van der Waals surface area contributed by atoms with Crippen molar-refractivity contribution in [2.45, 2.75) is 54.2 Å². The van der Waals surface area contributed by atoms with Crippen molar-refractivity contribution in [2.75, 3.05) is 18.6 Å². The van der Waals surface area contributed by atoms with Gasteiger partial charge in [-0.3, -0.25) is 28.9 Å². The molecule has 4 amide bonds. The van der Waals surface area contributed by atoms with E-state index in [-0.39, 0.29) is 50.5 Å². The molecule has 2 aliphatic heterocycles. The second kappa shape index (κ2) is 13.2. The molecule has 2 saturated heterocycles. The summed E-state index contributed by atoms with van der Waals surface area (Å²) in [5.74, 6) is -22.9. The maximum Gasteiger partial charge on any atom is 0.303 e. The highest BCUT2D eigenvalue weighted by Crippen LogP contribution is 2.66. The van der Waals surface area contributed by atoms with Crippen LogP contribution in [0.4, 0.5) is 27.6 Å². The van der Waals surface area contributed by atoms with E-state index in [2.05, 4.69) is 0 Å². The van der Waals surface area contributed by atoms with Crippen LogP contribution in [0.25, 0.3) is 0 Å². The fourth-order valence-corrected chi connectivity index (χ4v) is 9.43. The van der Waals surface area contributed by atoms with Crippen LogP contribution >= 0.6 is 45.8 Å². The summed E-state index contributed by atoms with van der Waals surface area (Å²) >= 11 is 16.0. The number of likely N-dealkylation sites (tertiary alicyclic amines) is 1. The average Bonchev–Trinajstić information content (AvgIpc) is 3.41. The molecule has 0 aromatic heterocycles. The van der Waals surface area contributed by atoms with Gasteiger partial charge in [-0.25, -0.2) is 26.9 Å². The van der Waals surface area contributed by atoms with Crippen molar-refractivity contribution in [3.05, 3.63) is 62.0 Å². The number of amides is 4. The Morgan fingerprint density at radius 1 is 0.941 bits per heavy atom. The van der Waals surface area contributed by atoms with E-state index < -0.39 is 104 Å². The van der Waals surface area contributed by atoms with Crippen LogP contribution in [0.5, 0.6) is 11.5 Å². The Morgan fingerprint density at radius 2 is 1.57 bits per heavy atom. The maximum atomic E-state index is 15.2. The van der Waals surface area contributed by atoms with Gasteiger partial charge in [0, 0.05) is 18.9 Å². The Hall–Kier alpha value is -3.51. The summed E-state index contributed by atoms with van der Waals surface area (Å²) in [6, 6.07) is 2.63. The number of methoxy groups -OCH3 is 1. The number of ether oxygens (including phenoxy) is 1. The predicted octanol–water partition coefficient (Wildman–Crippen LogP) is 5.91. The first-order chi connectivity index (χ1) is 23.9. The van der Waals surface area contributed by atoms with Crippen LogP contribution in [0.3, 0.4) is 0 Å². The molecule has 0 bridgehead atoms. The minimum Gasteiger partial charge on any atom is -0.504 e. The van der Waals surface area contributed by atoms with Gasteiger partial charge in [0.2, 0.25) is 17.6 Å². The Balaban J connectivity index is 1.50. The van der Waals surface area contributed by atoms with E-state index in [1.807, 2.05) is 0 Å². The van der Waals surface area contributed by atoms with Crippen LogP contribution in [0.2, 0.25) is 0 Å². The van der Waals surface area contributed by atoms with E-state index in [4.69, 9.17) is 33.0 Å². The van der Waals surface area contributed by atoms with Crippen LogP contribution in [0.1, 0.15) is 50.0 Å². The molecule has 0 radical (unpaired) electrons. The number of aromatic hydroxyl groups is 1. The molecule has 6 rings (SSSR count). The van der Waals surface area contributed by atoms with Crippen molar-refractivity contribution in [3.63, 3.8) is 0 Å². The van der Waals surface area contributed by atoms with E-state index >= 15 is 8.78 Å². The number of rotatable bonds is 9. The molecule has 0 spiro atoms. The number of phenolic OH excluding ortho intramolecular Hbond substituents is 1. The Labute approximate surface area is 309 Å². The van der Waals surface area contributed by atoms with Gasteiger partial charge in [-0.2, -0.15) is 0 Å². The molecule has 18 heteroatoms. The molecule has 2 heterocycles. The molecule has 272 valence electrons. The Morgan fingerprint density at radius 3 is 2.18 bits per heavy atom. The standard InChI is InChI=1S/C33H26Cl2F5IN2O8/c1-51-17-10-12(9-16(41)27(17)46)20-13-6-7-14-19(29(48)42(28(14)47)8-4-2-3-5-18(44)45)15(13)11-32(34)30(49)43(31(50)33(20,32)35)26-24(39)22(37)21(36)23(38)25(26)40/h6,9-10,14-15,19-20,46H,2-5,7-8,11H2,1H3,(H,44,45)/t14-,15+,19-,20-,32+,33-/m0/s1. The number of phenols is 1. The second-order valence-electron chi connectivity index (χ2n) is 12.8. The lowest BCUT2D eigenvalue weighted by atomic mass is 9.56. The van der Waals surface area contributed by atoms with Gasteiger partial charge < -0.3 is 14.9 Å². The number of halogens is 8. The highest BCUT2D eigenvalue weighted by molar-refractivity contribution is 14.1. The molecular weight excluding hydrogens is 845 g/mol. The quantitative estimate of drug-likeness (QED) is 0.0464.